The highest BCUT2D eigenvalue weighted by atomic mass is 79.9. The number of carbonyl (C=O) groups is 1. The molecule has 2 aromatic rings. The fraction of sp³-hybridized carbons (Fsp3) is 0.480. The van der Waals surface area contributed by atoms with Crippen LogP contribution in [0.25, 0.3) is 0 Å². The van der Waals surface area contributed by atoms with E-state index in [1.54, 1.807) is 11.3 Å². The van der Waals surface area contributed by atoms with Crippen molar-refractivity contribution in [2.75, 3.05) is 39.6 Å². The molecule has 34 heavy (non-hydrogen) atoms. The molecule has 1 aromatic heterocycles. The molecule has 7 nitrogen and oxygen atoms in total. The zero-order valence-electron chi connectivity index (χ0n) is 19.3. The number of hydrogen-bond acceptors (Lipinski definition) is 7. The number of carbonyl (C=O) groups excluding carboxylic acids is 1. The molecular formula is C25H32BrNO6S. The van der Waals surface area contributed by atoms with Crippen LogP contribution >= 0.6 is 27.3 Å². The number of ether oxygens (including phenoxy) is 4. The topological polar surface area (TPSA) is 86.3 Å². The van der Waals surface area contributed by atoms with Crippen molar-refractivity contribution in [2.24, 2.45) is 5.92 Å². The lowest BCUT2D eigenvalue weighted by Crippen LogP contribution is -2.39. The molecule has 2 heterocycles. The second-order valence-electron chi connectivity index (χ2n) is 7.76. The number of amides is 1. The molecule has 3 rings (SSSR count). The molecule has 186 valence electrons. The maximum absolute atomic E-state index is 13.0. The highest BCUT2D eigenvalue weighted by Crippen LogP contribution is 2.39. The second-order valence-corrected chi connectivity index (χ2v) is 9.46. The van der Waals surface area contributed by atoms with Crippen molar-refractivity contribution in [3.63, 3.8) is 0 Å². The fourth-order valence-electron chi connectivity index (χ4n) is 3.76. The predicted octanol–water partition coefficient (Wildman–Crippen LogP) is 4.22. The van der Waals surface area contributed by atoms with Gasteiger partial charge in [-0.2, -0.15) is 11.3 Å². The summed E-state index contributed by atoms with van der Waals surface area (Å²) in [7, 11) is 0. The molecular weight excluding hydrogens is 522 g/mol. The van der Waals surface area contributed by atoms with Crippen LogP contribution in [0.2, 0.25) is 0 Å². The van der Waals surface area contributed by atoms with E-state index in [2.05, 4.69) is 32.7 Å². The Kier molecular flexibility index (Phi) is 11.5. The van der Waals surface area contributed by atoms with Gasteiger partial charge in [-0.3, -0.25) is 4.79 Å². The van der Waals surface area contributed by atoms with Crippen molar-refractivity contribution in [3.8, 4) is 0 Å². The molecule has 0 bridgehead atoms. The molecule has 0 saturated heterocycles. The lowest BCUT2D eigenvalue weighted by molar-refractivity contribution is -0.168. The van der Waals surface area contributed by atoms with E-state index < -0.39 is 6.29 Å². The van der Waals surface area contributed by atoms with Crippen molar-refractivity contribution in [1.29, 1.82) is 0 Å². The van der Waals surface area contributed by atoms with Crippen LogP contribution in [0.3, 0.4) is 0 Å². The third-order valence-corrected chi connectivity index (χ3v) is 6.67. The number of thiophene rings is 1. The van der Waals surface area contributed by atoms with Crippen LogP contribution in [0.4, 0.5) is 0 Å². The predicted molar refractivity (Wildman–Crippen MR) is 134 cm³/mol. The lowest BCUT2D eigenvalue weighted by atomic mass is 9.82. The molecule has 0 saturated carbocycles. The van der Waals surface area contributed by atoms with Gasteiger partial charge in [0, 0.05) is 36.1 Å². The highest BCUT2D eigenvalue weighted by molar-refractivity contribution is 9.10. The van der Waals surface area contributed by atoms with E-state index in [1.165, 1.54) is 0 Å². The van der Waals surface area contributed by atoms with Gasteiger partial charge in [-0.15, -0.1) is 0 Å². The smallest absolute Gasteiger partial charge is 0.286 e. The quantitative estimate of drug-likeness (QED) is 0.340. The summed E-state index contributed by atoms with van der Waals surface area (Å²) in [6.45, 7) is 4.52. The van der Waals surface area contributed by atoms with Gasteiger partial charge in [0.15, 0.2) is 5.76 Å². The summed E-state index contributed by atoms with van der Waals surface area (Å²) < 4.78 is 24.0. The maximum atomic E-state index is 13.0. The number of hydrogen-bond donors (Lipinski definition) is 2. The summed E-state index contributed by atoms with van der Waals surface area (Å²) in [6, 6.07) is 9.89. The Morgan fingerprint density at radius 3 is 2.59 bits per heavy atom. The van der Waals surface area contributed by atoms with E-state index in [1.807, 2.05) is 42.6 Å². The van der Waals surface area contributed by atoms with E-state index in [-0.39, 0.29) is 30.1 Å². The third-order valence-electron chi connectivity index (χ3n) is 5.44. The largest absolute Gasteiger partial charge is 0.459 e. The average Bonchev–Trinajstić information content (AvgIpc) is 3.38. The molecule has 0 radical (unpaired) electrons. The Labute approximate surface area is 213 Å². The van der Waals surface area contributed by atoms with E-state index in [9.17, 15) is 4.79 Å². The van der Waals surface area contributed by atoms with Crippen LogP contribution in [0.1, 0.15) is 30.4 Å². The molecule has 1 amide bonds. The molecule has 1 aromatic carbocycles. The molecule has 1 aliphatic rings. The van der Waals surface area contributed by atoms with Crippen LogP contribution in [0.5, 0.6) is 0 Å². The number of halogens is 1. The monoisotopic (exact) mass is 553 g/mol. The Balaban J connectivity index is 1.67. The zero-order chi connectivity index (χ0) is 24.2. The molecule has 1 aliphatic heterocycles. The summed E-state index contributed by atoms with van der Waals surface area (Å²) in [5, 5.41) is 15.9. The zero-order valence-corrected chi connectivity index (χ0v) is 21.7. The Morgan fingerprint density at radius 1 is 1.15 bits per heavy atom. The van der Waals surface area contributed by atoms with Gasteiger partial charge in [0.1, 0.15) is 0 Å². The molecule has 9 heteroatoms. The van der Waals surface area contributed by atoms with Gasteiger partial charge < -0.3 is 29.4 Å². The Hall–Kier alpha value is -1.75. The van der Waals surface area contributed by atoms with Gasteiger partial charge in [-0.25, -0.2) is 0 Å². The first-order valence-corrected chi connectivity index (χ1v) is 13.2. The lowest BCUT2D eigenvalue weighted by Gasteiger charge is -2.36. The minimum Gasteiger partial charge on any atom is -0.459 e. The standard InChI is InChI=1S/C25H32BrNO6S/c1-2-32-25-21(7-10-30-12-13-31-11-9-28)22(19-8-14-34-17-19)15-23(33-25)24(29)27-16-18-3-5-20(26)6-4-18/h3-6,8,14-15,17,21-22,25,28H,2,7,9-13,16H2,1H3,(H,27,29)/t21-,22+,25+/m1/s1. The number of benzene rings is 1. The summed E-state index contributed by atoms with van der Waals surface area (Å²) in [6.07, 6.45) is 2.06. The first-order chi connectivity index (χ1) is 16.6. The Morgan fingerprint density at radius 2 is 1.91 bits per heavy atom. The van der Waals surface area contributed by atoms with Gasteiger partial charge in [0.2, 0.25) is 6.29 Å². The fourth-order valence-corrected chi connectivity index (χ4v) is 4.73. The summed E-state index contributed by atoms with van der Waals surface area (Å²) in [5.41, 5.74) is 2.13. The van der Waals surface area contributed by atoms with Crippen LogP contribution in [-0.4, -0.2) is 56.9 Å². The van der Waals surface area contributed by atoms with Crippen molar-refractivity contribution >= 4 is 33.2 Å². The first-order valence-electron chi connectivity index (χ1n) is 11.4. The summed E-state index contributed by atoms with van der Waals surface area (Å²) in [5.74, 6) is -0.0138. The molecule has 0 fully saturated rings. The van der Waals surface area contributed by atoms with Gasteiger partial charge in [0.05, 0.1) is 26.4 Å². The molecule has 2 N–H and O–H groups in total. The number of allylic oxidation sites excluding steroid dienone is 1. The van der Waals surface area contributed by atoms with Crippen molar-refractivity contribution in [3.05, 3.63) is 68.5 Å². The van der Waals surface area contributed by atoms with Gasteiger partial charge in [-0.1, -0.05) is 28.1 Å². The number of nitrogens with one attached hydrogen (secondary N) is 1. The number of rotatable bonds is 14. The van der Waals surface area contributed by atoms with Gasteiger partial charge >= 0.3 is 0 Å². The maximum Gasteiger partial charge on any atom is 0.286 e. The Bertz CT molecular complexity index is 889. The second kappa shape index (κ2) is 14.6. The summed E-state index contributed by atoms with van der Waals surface area (Å²) >= 11 is 5.05. The van der Waals surface area contributed by atoms with E-state index in [4.69, 9.17) is 24.1 Å². The molecule has 3 atom stereocenters. The average molecular weight is 555 g/mol. The summed E-state index contributed by atoms with van der Waals surface area (Å²) in [4.78, 5) is 13.0. The minimum atomic E-state index is -0.553. The van der Waals surface area contributed by atoms with Crippen LogP contribution in [0, 0.1) is 5.92 Å². The number of aliphatic hydroxyl groups excluding tert-OH is 1. The van der Waals surface area contributed by atoms with Crippen LogP contribution < -0.4 is 5.32 Å². The SMILES string of the molecule is CCO[C@H]1OC(C(=O)NCc2ccc(Br)cc2)=C[C@@H](c2ccsc2)[C@H]1CCOCCOCCO. The van der Waals surface area contributed by atoms with Crippen molar-refractivity contribution < 1.29 is 28.8 Å². The third kappa shape index (κ3) is 8.18. The molecule has 0 unspecified atom stereocenters. The first kappa shape index (κ1) is 26.8. The van der Waals surface area contributed by atoms with Gasteiger partial charge in [-0.05, 0) is 59.5 Å². The molecule has 0 aliphatic carbocycles. The van der Waals surface area contributed by atoms with Crippen LogP contribution in [-0.2, 0) is 30.3 Å². The van der Waals surface area contributed by atoms with Gasteiger partial charge in [0.25, 0.3) is 5.91 Å². The van der Waals surface area contributed by atoms with Crippen molar-refractivity contribution in [2.45, 2.75) is 32.1 Å². The molecule has 0 spiro atoms. The van der Waals surface area contributed by atoms with Crippen molar-refractivity contribution in [1.82, 2.24) is 5.32 Å². The normalized spacial score (nSPS) is 20.0. The van der Waals surface area contributed by atoms with E-state index in [0.29, 0.717) is 46.0 Å². The minimum absolute atomic E-state index is 0.00312. The van der Waals surface area contributed by atoms with E-state index >= 15 is 0 Å². The van der Waals surface area contributed by atoms with Crippen LogP contribution in [0.15, 0.2) is 57.4 Å². The number of aliphatic hydroxyl groups is 1. The highest BCUT2D eigenvalue weighted by Gasteiger charge is 2.38. The van der Waals surface area contributed by atoms with E-state index in [0.717, 1.165) is 15.6 Å².